The number of piperazine rings is 1. The van der Waals surface area contributed by atoms with Gasteiger partial charge in [0.25, 0.3) is 0 Å². The number of aryl methyl sites for hydroxylation is 1. The molecule has 0 unspecified atom stereocenters. The molecule has 0 atom stereocenters. The van der Waals surface area contributed by atoms with Crippen molar-refractivity contribution < 1.29 is 17.9 Å². The smallest absolute Gasteiger partial charge is 0.243 e. The second kappa shape index (κ2) is 8.68. The summed E-state index contributed by atoms with van der Waals surface area (Å²) in [5, 5.41) is 0.848. The molecule has 2 aromatic carbocycles. The van der Waals surface area contributed by atoms with E-state index in [1.165, 1.54) is 0 Å². The fourth-order valence-corrected chi connectivity index (χ4v) is 7.20. The first kappa shape index (κ1) is 23.9. The zero-order valence-electron chi connectivity index (χ0n) is 20.8. The maximum absolute atomic E-state index is 13.8. The number of ether oxygens (including phenoxy) is 1. The van der Waals surface area contributed by atoms with Crippen molar-refractivity contribution in [1.29, 1.82) is 0 Å². The van der Waals surface area contributed by atoms with Crippen LogP contribution in [0.25, 0.3) is 10.9 Å². The highest BCUT2D eigenvalue weighted by molar-refractivity contribution is 7.89. The van der Waals surface area contributed by atoms with Gasteiger partial charge >= 0.3 is 0 Å². The lowest BCUT2D eigenvalue weighted by molar-refractivity contribution is 0.0913. The third-order valence-electron chi connectivity index (χ3n) is 7.31. The molecule has 2 heterocycles. The minimum Gasteiger partial charge on any atom is -0.497 e. The highest BCUT2D eigenvalue weighted by Gasteiger charge is 2.35. The summed E-state index contributed by atoms with van der Waals surface area (Å²) in [5.41, 5.74) is 4.11. The topological polar surface area (TPSA) is 82.7 Å². The van der Waals surface area contributed by atoms with Gasteiger partial charge in [0.05, 0.1) is 12.0 Å². The van der Waals surface area contributed by atoms with Gasteiger partial charge in [-0.25, -0.2) is 8.42 Å². The van der Waals surface area contributed by atoms with Crippen LogP contribution in [0.2, 0.25) is 0 Å². The molecule has 1 aromatic heterocycles. The summed E-state index contributed by atoms with van der Waals surface area (Å²) in [6, 6.07) is 11.5. The van der Waals surface area contributed by atoms with E-state index in [1.54, 1.807) is 17.5 Å². The van der Waals surface area contributed by atoms with Crippen LogP contribution in [0.1, 0.15) is 48.8 Å². The Morgan fingerprint density at radius 2 is 1.71 bits per heavy atom. The van der Waals surface area contributed by atoms with Crippen LogP contribution in [0.3, 0.4) is 0 Å². The average Bonchev–Trinajstić information content (AvgIpc) is 3.19. The van der Waals surface area contributed by atoms with E-state index < -0.39 is 10.0 Å². The summed E-state index contributed by atoms with van der Waals surface area (Å²) >= 11 is 0. The van der Waals surface area contributed by atoms with Gasteiger partial charge in [-0.15, -0.1) is 0 Å². The van der Waals surface area contributed by atoms with Gasteiger partial charge in [-0.2, -0.15) is 4.31 Å². The highest BCUT2D eigenvalue weighted by Crippen LogP contribution is 2.39. The van der Waals surface area contributed by atoms with Crippen molar-refractivity contribution in [3.63, 3.8) is 0 Å². The van der Waals surface area contributed by atoms with Crippen molar-refractivity contribution in [2.45, 2.75) is 44.9 Å². The normalized spacial score (nSPS) is 18.6. The van der Waals surface area contributed by atoms with Crippen LogP contribution in [-0.4, -0.2) is 56.8 Å². The van der Waals surface area contributed by atoms with Crippen LogP contribution in [-0.2, 0) is 22.9 Å². The van der Waals surface area contributed by atoms with Gasteiger partial charge in [0.1, 0.15) is 5.75 Å². The number of hydrogen-bond donors (Lipinski definition) is 1. The molecule has 1 saturated heterocycles. The largest absolute Gasteiger partial charge is 0.497 e. The SMILES string of the molecule is CCc1cc2c3c([nH]c2cc1S(=O)(=O)N1CCN(c2ccc(OC)cc2)CC1)CC(C)(C)CC3=O. The number of hydrogen-bond acceptors (Lipinski definition) is 5. The van der Waals surface area contributed by atoms with E-state index in [2.05, 4.69) is 23.7 Å². The van der Waals surface area contributed by atoms with E-state index in [0.29, 0.717) is 43.9 Å². The monoisotopic (exact) mass is 495 g/mol. The third kappa shape index (κ3) is 4.23. The van der Waals surface area contributed by atoms with Gasteiger partial charge in [0, 0.05) is 60.4 Å². The maximum atomic E-state index is 13.8. The van der Waals surface area contributed by atoms with E-state index in [4.69, 9.17) is 4.74 Å². The van der Waals surface area contributed by atoms with E-state index in [-0.39, 0.29) is 11.2 Å². The molecule has 0 saturated carbocycles. The van der Waals surface area contributed by atoms with E-state index in [0.717, 1.165) is 45.6 Å². The Morgan fingerprint density at radius 3 is 2.34 bits per heavy atom. The van der Waals surface area contributed by atoms with Crippen LogP contribution in [0.4, 0.5) is 5.69 Å². The average molecular weight is 496 g/mol. The van der Waals surface area contributed by atoms with E-state index in [1.807, 2.05) is 37.3 Å². The molecule has 0 amide bonds. The highest BCUT2D eigenvalue weighted by atomic mass is 32.2. The van der Waals surface area contributed by atoms with Crippen molar-refractivity contribution in [2.24, 2.45) is 5.41 Å². The number of H-pyrrole nitrogens is 1. The lowest BCUT2D eigenvalue weighted by atomic mass is 9.76. The first-order valence-electron chi connectivity index (χ1n) is 12.2. The van der Waals surface area contributed by atoms with Crippen molar-refractivity contribution in [3.8, 4) is 5.75 Å². The number of aromatic amines is 1. The van der Waals surface area contributed by atoms with Gasteiger partial charge < -0.3 is 14.6 Å². The molecule has 186 valence electrons. The Kier molecular flexibility index (Phi) is 5.92. The Bertz CT molecular complexity index is 1380. The zero-order chi connectivity index (χ0) is 25.0. The first-order valence-corrected chi connectivity index (χ1v) is 13.7. The number of nitrogens with one attached hydrogen (secondary N) is 1. The molecule has 0 bridgehead atoms. The molecule has 0 spiro atoms. The molecular formula is C27H33N3O4S. The molecule has 5 rings (SSSR count). The molecule has 1 N–H and O–H groups in total. The van der Waals surface area contributed by atoms with Crippen molar-refractivity contribution in [1.82, 2.24) is 9.29 Å². The number of fused-ring (bicyclic) bond motifs is 3. The fraction of sp³-hybridized carbons (Fsp3) is 0.444. The maximum Gasteiger partial charge on any atom is 0.243 e. The lowest BCUT2D eigenvalue weighted by Gasteiger charge is -2.35. The number of carbonyl (C=O) groups excluding carboxylic acids is 1. The minimum absolute atomic E-state index is 0.100. The molecule has 7 nitrogen and oxygen atoms in total. The van der Waals surface area contributed by atoms with Crippen molar-refractivity contribution >= 4 is 32.4 Å². The third-order valence-corrected chi connectivity index (χ3v) is 9.29. The molecule has 0 radical (unpaired) electrons. The predicted molar refractivity (Wildman–Crippen MR) is 138 cm³/mol. The number of rotatable bonds is 5. The number of Topliss-reactive ketones (excluding diaryl/α,β-unsaturated/α-hetero) is 1. The van der Waals surface area contributed by atoms with Gasteiger partial charge in [0.15, 0.2) is 5.78 Å². The van der Waals surface area contributed by atoms with Gasteiger partial charge in [0.2, 0.25) is 10.0 Å². The Labute approximate surface area is 207 Å². The van der Waals surface area contributed by atoms with Gasteiger partial charge in [-0.1, -0.05) is 20.8 Å². The summed E-state index contributed by atoms with van der Waals surface area (Å²) in [7, 11) is -2.03. The molecule has 35 heavy (non-hydrogen) atoms. The van der Waals surface area contributed by atoms with Gasteiger partial charge in [-0.3, -0.25) is 4.79 Å². The summed E-state index contributed by atoms with van der Waals surface area (Å²) in [4.78, 5) is 18.9. The summed E-state index contributed by atoms with van der Waals surface area (Å²) in [6.45, 7) is 8.24. The van der Waals surface area contributed by atoms with Crippen LogP contribution in [0, 0.1) is 5.41 Å². The van der Waals surface area contributed by atoms with Crippen LogP contribution in [0.5, 0.6) is 5.75 Å². The molecule has 3 aromatic rings. The minimum atomic E-state index is -3.67. The van der Waals surface area contributed by atoms with Crippen LogP contribution in [0.15, 0.2) is 41.3 Å². The number of anilines is 1. The number of ketones is 1. The van der Waals surface area contributed by atoms with Crippen LogP contribution < -0.4 is 9.64 Å². The quantitative estimate of drug-likeness (QED) is 0.567. The van der Waals surface area contributed by atoms with Crippen LogP contribution >= 0.6 is 0 Å². The predicted octanol–water partition coefficient (Wildman–Crippen LogP) is 4.40. The molecule has 2 aliphatic rings. The Balaban J connectivity index is 1.43. The Hall–Kier alpha value is -2.84. The number of aromatic nitrogens is 1. The molecule has 1 aliphatic carbocycles. The number of nitrogens with zero attached hydrogens (tertiary/aromatic N) is 2. The zero-order valence-corrected chi connectivity index (χ0v) is 21.7. The Morgan fingerprint density at radius 1 is 1.03 bits per heavy atom. The second-order valence-electron chi connectivity index (χ2n) is 10.4. The first-order chi connectivity index (χ1) is 16.6. The second-order valence-corrected chi connectivity index (χ2v) is 12.3. The number of carbonyl (C=O) groups is 1. The standard InChI is InChI=1S/C27H33N3O4S/c1-5-18-14-21-22(28-23-16-27(2,3)17-24(31)26(21)23)15-25(18)35(32,33)30-12-10-29(11-13-30)19-6-8-20(34-4)9-7-19/h6-9,14-15,28H,5,10-13,16-17H2,1-4H3. The summed E-state index contributed by atoms with van der Waals surface area (Å²) in [6.07, 6.45) is 1.86. The number of methoxy groups -OCH3 is 1. The number of benzene rings is 2. The van der Waals surface area contributed by atoms with Crippen molar-refractivity contribution in [3.05, 3.63) is 53.2 Å². The molecule has 8 heteroatoms. The summed E-state index contributed by atoms with van der Waals surface area (Å²) < 4.78 is 34.3. The molecular weight excluding hydrogens is 462 g/mol. The van der Waals surface area contributed by atoms with E-state index in [9.17, 15) is 13.2 Å². The van der Waals surface area contributed by atoms with Gasteiger partial charge in [-0.05, 0) is 60.2 Å². The van der Waals surface area contributed by atoms with E-state index >= 15 is 0 Å². The summed E-state index contributed by atoms with van der Waals surface area (Å²) in [5.74, 6) is 0.934. The van der Waals surface area contributed by atoms with Crippen molar-refractivity contribution in [2.75, 3.05) is 38.2 Å². The lowest BCUT2D eigenvalue weighted by Crippen LogP contribution is -2.48. The molecule has 1 aliphatic heterocycles. The molecule has 1 fully saturated rings. The fourth-order valence-electron chi connectivity index (χ4n) is 5.47. The number of sulfonamides is 1.